The van der Waals surface area contributed by atoms with Gasteiger partial charge in [-0.15, -0.1) is 11.8 Å². The van der Waals surface area contributed by atoms with E-state index in [1.807, 2.05) is 30.3 Å². The first-order valence-corrected chi connectivity index (χ1v) is 8.60. The van der Waals surface area contributed by atoms with Crippen LogP contribution in [0.2, 0.25) is 0 Å². The minimum Gasteiger partial charge on any atom is -0.352 e. The van der Waals surface area contributed by atoms with E-state index in [2.05, 4.69) is 37.4 Å². The van der Waals surface area contributed by atoms with E-state index in [9.17, 15) is 4.79 Å². The number of hydrogen-bond donors (Lipinski definition) is 1. The Hall–Kier alpha value is -1.74. The molecule has 0 aliphatic heterocycles. The number of carbonyl (C=O) groups excluding carboxylic acids is 1. The van der Waals surface area contributed by atoms with Gasteiger partial charge in [-0.2, -0.15) is 0 Å². The van der Waals surface area contributed by atoms with Crippen molar-refractivity contribution in [3.8, 4) is 0 Å². The number of rotatable bonds is 5. The van der Waals surface area contributed by atoms with Crippen LogP contribution in [0, 0.1) is 13.8 Å². The van der Waals surface area contributed by atoms with Crippen molar-refractivity contribution in [1.29, 1.82) is 0 Å². The zero-order valence-corrected chi connectivity index (χ0v) is 13.8. The predicted molar refractivity (Wildman–Crippen MR) is 92.1 cm³/mol. The number of carbonyl (C=O) groups is 1. The van der Waals surface area contributed by atoms with Gasteiger partial charge in [0.25, 0.3) is 0 Å². The summed E-state index contributed by atoms with van der Waals surface area (Å²) in [6, 6.07) is 16.8. The highest BCUT2D eigenvalue weighted by molar-refractivity contribution is 8.00. The van der Waals surface area contributed by atoms with E-state index in [1.54, 1.807) is 11.8 Å². The summed E-state index contributed by atoms with van der Waals surface area (Å²) in [5.74, 6) is 0.122. The summed E-state index contributed by atoms with van der Waals surface area (Å²) < 4.78 is 0. The molecular weight excluding hydrogens is 290 g/mol. The number of benzene rings is 2. The molecule has 1 atom stereocenters. The molecular formula is C19H21NOS. The fourth-order valence-corrected chi connectivity index (χ4v) is 3.46. The molecule has 1 unspecified atom stereocenters. The highest BCUT2D eigenvalue weighted by Gasteiger charge is 2.29. The standard InChI is InChI=1S/C19H21NOS/c1-13-8-11-17(12-14(13)2)22-18(15-6-4-3-5-7-15)19(21)20-16-9-10-16/h3-8,11-12,16,18H,9-10H2,1-2H3,(H,20,21). The Morgan fingerprint density at radius 3 is 2.45 bits per heavy atom. The van der Waals surface area contributed by atoms with E-state index in [-0.39, 0.29) is 11.2 Å². The molecule has 3 rings (SSSR count). The normalized spacial score (nSPS) is 15.4. The van der Waals surface area contributed by atoms with Gasteiger partial charge in [0.1, 0.15) is 5.25 Å². The minimum atomic E-state index is -0.191. The Morgan fingerprint density at radius 2 is 1.82 bits per heavy atom. The topological polar surface area (TPSA) is 29.1 Å². The second-order valence-corrected chi connectivity index (χ2v) is 7.12. The van der Waals surface area contributed by atoms with E-state index in [0.717, 1.165) is 23.3 Å². The first kappa shape index (κ1) is 15.2. The summed E-state index contributed by atoms with van der Waals surface area (Å²) in [6.45, 7) is 4.22. The molecule has 1 aliphatic carbocycles. The molecule has 1 fully saturated rings. The fourth-order valence-electron chi connectivity index (χ4n) is 2.33. The maximum absolute atomic E-state index is 12.6. The van der Waals surface area contributed by atoms with Crippen molar-refractivity contribution in [3.05, 3.63) is 65.2 Å². The molecule has 0 aromatic heterocycles. The van der Waals surface area contributed by atoms with Gasteiger partial charge in [-0.3, -0.25) is 4.79 Å². The Bertz CT molecular complexity index is 664. The first-order chi connectivity index (χ1) is 10.6. The SMILES string of the molecule is Cc1ccc(SC(C(=O)NC2CC2)c2ccccc2)cc1C. The molecule has 1 amide bonds. The van der Waals surface area contributed by atoms with Crippen LogP contribution in [0.5, 0.6) is 0 Å². The fraction of sp³-hybridized carbons (Fsp3) is 0.316. The molecule has 22 heavy (non-hydrogen) atoms. The quantitative estimate of drug-likeness (QED) is 0.828. The van der Waals surface area contributed by atoms with Crippen molar-refractivity contribution in [2.45, 2.75) is 42.9 Å². The van der Waals surface area contributed by atoms with E-state index >= 15 is 0 Å². The molecule has 114 valence electrons. The lowest BCUT2D eigenvalue weighted by Crippen LogP contribution is -2.29. The number of amides is 1. The molecule has 2 nitrogen and oxygen atoms in total. The molecule has 0 spiro atoms. The van der Waals surface area contributed by atoms with Crippen LogP contribution in [0.1, 0.15) is 34.8 Å². The molecule has 2 aromatic carbocycles. The Kier molecular flexibility index (Phi) is 4.53. The van der Waals surface area contributed by atoms with Gasteiger partial charge >= 0.3 is 0 Å². The summed E-state index contributed by atoms with van der Waals surface area (Å²) in [7, 11) is 0. The smallest absolute Gasteiger partial charge is 0.238 e. The van der Waals surface area contributed by atoms with Crippen LogP contribution in [0.25, 0.3) is 0 Å². The maximum atomic E-state index is 12.6. The van der Waals surface area contributed by atoms with Crippen LogP contribution >= 0.6 is 11.8 Å². The van der Waals surface area contributed by atoms with Crippen LogP contribution in [0.3, 0.4) is 0 Å². The van der Waals surface area contributed by atoms with Crippen molar-refractivity contribution in [3.63, 3.8) is 0 Å². The lowest BCUT2D eigenvalue weighted by Gasteiger charge is -2.17. The van der Waals surface area contributed by atoms with E-state index in [0.29, 0.717) is 6.04 Å². The number of hydrogen-bond acceptors (Lipinski definition) is 2. The van der Waals surface area contributed by atoms with Gasteiger partial charge < -0.3 is 5.32 Å². The first-order valence-electron chi connectivity index (χ1n) is 7.73. The van der Waals surface area contributed by atoms with Crippen molar-refractivity contribution < 1.29 is 4.79 Å². The van der Waals surface area contributed by atoms with E-state index < -0.39 is 0 Å². The second kappa shape index (κ2) is 6.57. The summed E-state index contributed by atoms with van der Waals surface area (Å²) in [6.07, 6.45) is 2.23. The Balaban J connectivity index is 1.83. The van der Waals surface area contributed by atoms with Gasteiger partial charge in [0.05, 0.1) is 0 Å². The largest absolute Gasteiger partial charge is 0.352 e. The summed E-state index contributed by atoms with van der Waals surface area (Å²) in [4.78, 5) is 13.8. The van der Waals surface area contributed by atoms with Crippen molar-refractivity contribution in [2.24, 2.45) is 0 Å². The van der Waals surface area contributed by atoms with Gasteiger partial charge in [-0.1, -0.05) is 36.4 Å². The molecule has 0 radical (unpaired) electrons. The summed E-state index contributed by atoms with van der Waals surface area (Å²) in [5, 5.41) is 2.95. The predicted octanol–water partition coefficient (Wildman–Crippen LogP) is 4.42. The molecule has 0 saturated heterocycles. The van der Waals surface area contributed by atoms with Crippen LogP contribution in [0.15, 0.2) is 53.4 Å². The zero-order chi connectivity index (χ0) is 15.5. The average molecular weight is 311 g/mol. The minimum absolute atomic E-state index is 0.122. The molecule has 2 aromatic rings. The molecule has 1 aliphatic rings. The van der Waals surface area contributed by atoms with Crippen molar-refractivity contribution in [2.75, 3.05) is 0 Å². The lowest BCUT2D eigenvalue weighted by molar-refractivity contribution is -0.120. The second-order valence-electron chi connectivity index (χ2n) is 5.94. The van der Waals surface area contributed by atoms with E-state index in [4.69, 9.17) is 0 Å². The number of thioether (sulfide) groups is 1. The molecule has 0 heterocycles. The molecule has 1 N–H and O–H groups in total. The summed E-state index contributed by atoms with van der Waals surface area (Å²) >= 11 is 1.63. The maximum Gasteiger partial charge on any atom is 0.238 e. The van der Waals surface area contributed by atoms with Gasteiger partial charge in [-0.25, -0.2) is 0 Å². The van der Waals surface area contributed by atoms with Gasteiger partial charge in [0, 0.05) is 10.9 Å². The van der Waals surface area contributed by atoms with Gasteiger partial charge in [0.2, 0.25) is 5.91 Å². The van der Waals surface area contributed by atoms with Crippen molar-refractivity contribution >= 4 is 17.7 Å². The monoisotopic (exact) mass is 311 g/mol. The number of aryl methyl sites for hydroxylation is 2. The van der Waals surface area contributed by atoms with Crippen LogP contribution in [-0.2, 0) is 4.79 Å². The van der Waals surface area contributed by atoms with Crippen LogP contribution in [0.4, 0.5) is 0 Å². The third kappa shape index (κ3) is 3.72. The molecule has 0 bridgehead atoms. The van der Waals surface area contributed by atoms with Gasteiger partial charge in [0.15, 0.2) is 0 Å². The van der Waals surface area contributed by atoms with Crippen molar-refractivity contribution in [1.82, 2.24) is 5.32 Å². The third-order valence-corrected chi connectivity index (χ3v) is 5.24. The molecule has 1 saturated carbocycles. The zero-order valence-electron chi connectivity index (χ0n) is 13.0. The highest BCUT2D eigenvalue weighted by atomic mass is 32.2. The Morgan fingerprint density at radius 1 is 1.09 bits per heavy atom. The average Bonchev–Trinajstić information content (AvgIpc) is 3.33. The number of nitrogens with one attached hydrogen (secondary N) is 1. The van der Waals surface area contributed by atoms with Crippen LogP contribution < -0.4 is 5.32 Å². The highest BCUT2D eigenvalue weighted by Crippen LogP contribution is 2.37. The van der Waals surface area contributed by atoms with Crippen LogP contribution in [-0.4, -0.2) is 11.9 Å². The third-order valence-electron chi connectivity index (χ3n) is 4.00. The van der Waals surface area contributed by atoms with E-state index in [1.165, 1.54) is 11.1 Å². The lowest BCUT2D eigenvalue weighted by atomic mass is 10.1. The summed E-state index contributed by atoms with van der Waals surface area (Å²) in [5.41, 5.74) is 3.60. The molecule has 3 heteroatoms. The van der Waals surface area contributed by atoms with Gasteiger partial charge in [-0.05, 0) is 55.5 Å². The Labute approximate surface area is 136 Å².